The molecule has 0 aromatic carbocycles. The van der Waals surface area contributed by atoms with Crippen LogP contribution in [0.15, 0.2) is 20.0 Å². The number of hydrogen-bond donors (Lipinski definition) is 1. The minimum atomic E-state index is -3.47. The third-order valence-corrected chi connectivity index (χ3v) is 6.52. The molecule has 1 aromatic rings. The van der Waals surface area contributed by atoms with E-state index in [0.717, 1.165) is 6.54 Å². The first-order chi connectivity index (χ1) is 9.36. The van der Waals surface area contributed by atoms with Gasteiger partial charge in [0.1, 0.15) is 10.7 Å². The predicted molar refractivity (Wildman–Crippen MR) is 80.9 cm³/mol. The van der Waals surface area contributed by atoms with Gasteiger partial charge in [-0.2, -0.15) is 4.31 Å². The Balaban J connectivity index is 2.24. The summed E-state index contributed by atoms with van der Waals surface area (Å²) in [6.45, 7) is 8.64. The summed E-state index contributed by atoms with van der Waals surface area (Å²) in [6.07, 6.45) is 0. The van der Waals surface area contributed by atoms with Crippen molar-refractivity contribution in [3.8, 4) is 0 Å². The zero-order valence-electron chi connectivity index (χ0n) is 12.0. The molecule has 1 aliphatic heterocycles. The third kappa shape index (κ3) is 3.10. The van der Waals surface area contributed by atoms with E-state index >= 15 is 0 Å². The number of nitrogens with zero attached hydrogens (tertiary/aromatic N) is 1. The lowest BCUT2D eigenvalue weighted by molar-refractivity contribution is 0.450. The molecule has 5 nitrogen and oxygen atoms in total. The van der Waals surface area contributed by atoms with Gasteiger partial charge in [-0.1, -0.05) is 20.8 Å². The number of sulfonamides is 1. The lowest BCUT2D eigenvalue weighted by atomic mass is 10.0. The van der Waals surface area contributed by atoms with Gasteiger partial charge >= 0.3 is 0 Å². The molecular formula is C13H21BrN2O3S. The number of nitrogens with one attached hydrogen (secondary N) is 1. The maximum atomic E-state index is 12.6. The van der Waals surface area contributed by atoms with Crippen LogP contribution in [0.2, 0.25) is 0 Å². The molecule has 1 N–H and O–H groups in total. The highest BCUT2D eigenvalue weighted by molar-refractivity contribution is 9.10. The molecule has 0 saturated carbocycles. The van der Waals surface area contributed by atoms with Crippen molar-refractivity contribution in [1.29, 1.82) is 0 Å². The number of hydrogen-bond acceptors (Lipinski definition) is 4. The quantitative estimate of drug-likeness (QED) is 0.871. The van der Waals surface area contributed by atoms with E-state index in [1.165, 1.54) is 0 Å². The molecule has 1 aliphatic rings. The van der Waals surface area contributed by atoms with Gasteiger partial charge in [-0.3, -0.25) is 0 Å². The van der Waals surface area contributed by atoms with Crippen LogP contribution in [0, 0.1) is 11.8 Å². The van der Waals surface area contributed by atoms with E-state index in [1.807, 2.05) is 6.92 Å². The van der Waals surface area contributed by atoms with Crippen molar-refractivity contribution in [2.24, 2.45) is 11.8 Å². The Kier molecular flexibility index (Phi) is 4.94. The van der Waals surface area contributed by atoms with Crippen molar-refractivity contribution in [2.75, 3.05) is 19.6 Å². The van der Waals surface area contributed by atoms with E-state index in [0.29, 0.717) is 37.2 Å². The molecule has 2 atom stereocenters. The molecule has 1 fully saturated rings. The monoisotopic (exact) mass is 364 g/mol. The summed E-state index contributed by atoms with van der Waals surface area (Å²) < 4.78 is 32.6. The molecule has 20 heavy (non-hydrogen) atoms. The summed E-state index contributed by atoms with van der Waals surface area (Å²) in [4.78, 5) is 0.228. The molecule has 2 heterocycles. The summed E-state index contributed by atoms with van der Waals surface area (Å²) in [5.41, 5.74) is 0. The van der Waals surface area contributed by atoms with Crippen LogP contribution in [0.25, 0.3) is 0 Å². The molecule has 2 unspecified atom stereocenters. The second-order valence-electron chi connectivity index (χ2n) is 5.41. The molecule has 0 amide bonds. The van der Waals surface area contributed by atoms with Gasteiger partial charge in [-0.15, -0.1) is 0 Å². The Morgan fingerprint density at radius 3 is 2.55 bits per heavy atom. The third-order valence-electron chi connectivity index (χ3n) is 3.83. The molecular weight excluding hydrogens is 344 g/mol. The van der Waals surface area contributed by atoms with Gasteiger partial charge in [0.15, 0.2) is 4.67 Å². The summed E-state index contributed by atoms with van der Waals surface area (Å²) >= 11 is 3.22. The van der Waals surface area contributed by atoms with Crippen LogP contribution >= 0.6 is 15.9 Å². The Morgan fingerprint density at radius 1 is 1.40 bits per heavy atom. The smallest absolute Gasteiger partial charge is 0.247 e. The lowest BCUT2D eigenvalue weighted by Gasteiger charge is -2.14. The topological polar surface area (TPSA) is 62.6 Å². The van der Waals surface area contributed by atoms with Gasteiger partial charge in [-0.05, 0) is 34.3 Å². The van der Waals surface area contributed by atoms with E-state index in [1.54, 1.807) is 10.4 Å². The molecule has 114 valence electrons. The Labute approximate surface area is 128 Å². The average Bonchev–Trinajstić information content (AvgIpc) is 2.92. The van der Waals surface area contributed by atoms with E-state index in [2.05, 4.69) is 35.1 Å². The fraction of sp³-hybridized carbons (Fsp3) is 0.692. The Bertz CT molecular complexity index is 560. The normalized spacial score (nSPS) is 24.4. The zero-order valence-corrected chi connectivity index (χ0v) is 14.4. The largest absolute Gasteiger partial charge is 0.452 e. The summed E-state index contributed by atoms with van der Waals surface area (Å²) in [7, 11) is -3.47. The van der Waals surface area contributed by atoms with Gasteiger partial charge in [0.25, 0.3) is 0 Å². The molecule has 2 rings (SSSR count). The van der Waals surface area contributed by atoms with Crippen molar-refractivity contribution in [2.45, 2.75) is 32.2 Å². The van der Waals surface area contributed by atoms with Crippen LogP contribution in [0.3, 0.4) is 0 Å². The molecule has 0 bridgehead atoms. The fourth-order valence-corrected chi connectivity index (χ4v) is 4.92. The van der Waals surface area contributed by atoms with Crippen LogP contribution in [0.5, 0.6) is 0 Å². The highest BCUT2D eigenvalue weighted by Crippen LogP contribution is 2.33. The van der Waals surface area contributed by atoms with Gasteiger partial charge in [0, 0.05) is 19.2 Å². The fourth-order valence-electron chi connectivity index (χ4n) is 2.32. The van der Waals surface area contributed by atoms with Crippen LogP contribution in [0.4, 0.5) is 0 Å². The second kappa shape index (κ2) is 6.17. The van der Waals surface area contributed by atoms with Gasteiger partial charge in [-0.25, -0.2) is 8.42 Å². The van der Waals surface area contributed by atoms with Crippen molar-refractivity contribution in [3.05, 3.63) is 16.5 Å². The minimum Gasteiger partial charge on any atom is -0.452 e. The van der Waals surface area contributed by atoms with Crippen LogP contribution in [-0.2, 0) is 16.6 Å². The number of furan rings is 1. The first-order valence-electron chi connectivity index (χ1n) is 6.85. The Hall–Kier alpha value is -0.370. The van der Waals surface area contributed by atoms with Gasteiger partial charge in [0.05, 0.1) is 6.54 Å². The van der Waals surface area contributed by atoms with Crippen molar-refractivity contribution < 1.29 is 12.8 Å². The standard InChI is InChI=1S/C13H21BrN2O3S/c1-4-15-6-11-5-12(13(14)19-11)20(17,18)16-7-9(2)10(3)8-16/h5,9-10,15H,4,6-8H2,1-3H3. The zero-order chi connectivity index (χ0) is 14.9. The molecule has 0 aliphatic carbocycles. The molecule has 0 radical (unpaired) electrons. The van der Waals surface area contributed by atoms with Gasteiger partial charge in [0.2, 0.25) is 10.0 Å². The van der Waals surface area contributed by atoms with Crippen molar-refractivity contribution in [3.63, 3.8) is 0 Å². The Morgan fingerprint density at radius 2 is 2.00 bits per heavy atom. The maximum absolute atomic E-state index is 12.6. The van der Waals surface area contributed by atoms with Gasteiger partial charge < -0.3 is 9.73 Å². The minimum absolute atomic E-state index is 0.228. The average molecular weight is 365 g/mol. The molecule has 7 heteroatoms. The second-order valence-corrected chi connectivity index (χ2v) is 8.03. The highest BCUT2D eigenvalue weighted by Gasteiger charge is 2.37. The van der Waals surface area contributed by atoms with Crippen LogP contribution < -0.4 is 5.32 Å². The van der Waals surface area contributed by atoms with Crippen LogP contribution in [0.1, 0.15) is 26.5 Å². The van der Waals surface area contributed by atoms with Crippen LogP contribution in [-0.4, -0.2) is 32.4 Å². The van der Waals surface area contributed by atoms with Crippen molar-refractivity contribution >= 4 is 26.0 Å². The van der Waals surface area contributed by atoms with E-state index < -0.39 is 10.0 Å². The molecule has 1 saturated heterocycles. The summed E-state index contributed by atoms with van der Waals surface area (Å²) in [5.74, 6) is 1.39. The number of halogens is 1. The van der Waals surface area contributed by atoms with E-state index in [-0.39, 0.29) is 9.56 Å². The predicted octanol–water partition coefficient (Wildman–Crippen LogP) is 2.43. The maximum Gasteiger partial charge on any atom is 0.247 e. The van der Waals surface area contributed by atoms with E-state index in [9.17, 15) is 8.42 Å². The number of rotatable bonds is 5. The highest BCUT2D eigenvalue weighted by atomic mass is 79.9. The summed E-state index contributed by atoms with van der Waals surface area (Å²) in [5, 5.41) is 3.12. The van der Waals surface area contributed by atoms with Crippen molar-refractivity contribution in [1.82, 2.24) is 9.62 Å². The van der Waals surface area contributed by atoms with E-state index in [4.69, 9.17) is 4.42 Å². The lowest BCUT2D eigenvalue weighted by Crippen LogP contribution is -2.29. The SMILES string of the molecule is CCNCc1cc(S(=O)(=O)N2CC(C)C(C)C2)c(Br)o1. The molecule has 0 spiro atoms. The first kappa shape index (κ1) is 16.0. The molecule has 1 aromatic heterocycles. The summed E-state index contributed by atoms with van der Waals surface area (Å²) in [6, 6.07) is 1.61. The first-order valence-corrected chi connectivity index (χ1v) is 9.08.